The molecule has 1 N–H and O–H groups in total. The van der Waals surface area contributed by atoms with Gasteiger partial charge in [0.2, 0.25) is 0 Å². The van der Waals surface area contributed by atoms with Crippen LogP contribution in [0.1, 0.15) is 46.0 Å². The third-order valence-corrected chi connectivity index (χ3v) is 2.78. The first-order valence-electron chi connectivity index (χ1n) is 6.06. The van der Waals surface area contributed by atoms with Gasteiger partial charge in [0.1, 0.15) is 0 Å². The molecule has 0 aromatic heterocycles. The summed E-state index contributed by atoms with van der Waals surface area (Å²) in [7, 11) is 0. The third-order valence-electron chi connectivity index (χ3n) is 2.78. The van der Waals surface area contributed by atoms with Gasteiger partial charge in [-0.1, -0.05) is 32.3 Å². The summed E-state index contributed by atoms with van der Waals surface area (Å²) < 4.78 is 4.88. The molecule has 0 saturated heterocycles. The van der Waals surface area contributed by atoms with Crippen LogP contribution in [0.15, 0.2) is 12.7 Å². The first-order valence-corrected chi connectivity index (χ1v) is 6.06. The Labute approximate surface area is 103 Å². The molecule has 0 aliphatic heterocycles. The molecule has 0 spiro atoms. The molecule has 0 radical (unpaired) electrons. The van der Waals surface area contributed by atoms with Gasteiger partial charge in [-0.2, -0.15) is 0 Å². The van der Waals surface area contributed by atoms with Crippen molar-refractivity contribution in [1.82, 2.24) is 0 Å². The van der Waals surface area contributed by atoms with Crippen molar-refractivity contribution in [3.63, 3.8) is 0 Å². The molecule has 0 fully saturated rings. The average molecular weight is 242 g/mol. The molecule has 1 unspecified atom stereocenters. The third kappa shape index (κ3) is 4.21. The van der Waals surface area contributed by atoms with Crippen LogP contribution in [0.3, 0.4) is 0 Å². The van der Waals surface area contributed by atoms with E-state index in [9.17, 15) is 14.7 Å². The van der Waals surface area contributed by atoms with Crippen LogP contribution in [0.2, 0.25) is 0 Å². The standard InChI is InChI=1S/C13H22O4/c1-4-7-8-10-13(9-5-2,11(14)15)12(16)17-6-3/h5H,2,4,6-10H2,1,3H3,(H,14,15). The number of ether oxygens (including phenoxy) is 1. The van der Waals surface area contributed by atoms with E-state index >= 15 is 0 Å². The second-order valence-corrected chi connectivity index (χ2v) is 4.06. The maximum atomic E-state index is 11.8. The maximum Gasteiger partial charge on any atom is 0.323 e. The minimum absolute atomic E-state index is 0.116. The van der Waals surface area contributed by atoms with Crippen LogP contribution >= 0.6 is 0 Å². The molecule has 0 heterocycles. The van der Waals surface area contributed by atoms with Crippen molar-refractivity contribution < 1.29 is 19.4 Å². The SMILES string of the molecule is C=CCC(CCCCC)(C(=O)O)C(=O)OCC. The number of hydrogen-bond acceptors (Lipinski definition) is 3. The van der Waals surface area contributed by atoms with Crippen molar-refractivity contribution in [3.8, 4) is 0 Å². The molecule has 4 heteroatoms. The topological polar surface area (TPSA) is 63.6 Å². The number of rotatable bonds is 9. The molecule has 0 bridgehead atoms. The average Bonchev–Trinajstić information content (AvgIpc) is 2.28. The van der Waals surface area contributed by atoms with Crippen molar-refractivity contribution in [2.75, 3.05) is 6.61 Å². The minimum atomic E-state index is -1.45. The molecule has 0 aliphatic carbocycles. The lowest BCUT2D eigenvalue weighted by molar-refractivity contribution is -0.169. The fourth-order valence-corrected chi connectivity index (χ4v) is 1.76. The van der Waals surface area contributed by atoms with E-state index < -0.39 is 17.4 Å². The van der Waals surface area contributed by atoms with Gasteiger partial charge in [0, 0.05) is 0 Å². The molecule has 98 valence electrons. The van der Waals surface area contributed by atoms with E-state index in [1.54, 1.807) is 6.92 Å². The van der Waals surface area contributed by atoms with Crippen molar-refractivity contribution in [2.24, 2.45) is 5.41 Å². The molecule has 0 rings (SSSR count). The Morgan fingerprint density at radius 3 is 2.41 bits per heavy atom. The Kier molecular flexibility index (Phi) is 7.26. The van der Waals surface area contributed by atoms with Gasteiger partial charge in [-0.3, -0.25) is 9.59 Å². The summed E-state index contributed by atoms with van der Waals surface area (Å²) in [6.45, 7) is 7.42. The Bertz CT molecular complexity index is 273. The summed E-state index contributed by atoms with van der Waals surface area (Å²) in [6.07, 6.45) is 4.48. The predicted octanol–water partition coefficient (Wildman–Crippen LogP) is 2.78. The fourth-order valence-electron chi connectivity index (χ4n) is 1.76. The number of allylic oxidation sites excluding steroid dienone is 1. The van der Waals surface area contributed by atoms with Gasteiger partial charge in [0.15, 0.2) is 5.41 Å². The van der Waals surface area contributed by atoms with Gasteiger partial charge in [0.05, 0.1) is 6.61 Å². The summed E-state index contributed by atoms with van der Waals surface area (Å²) in [5.41, 5.74) is -1.45. The zero-order chi connectivity index (χ0) is 13.3. The first kappa shape index (κ1) is 15.7. The molecular formula is C13H22O4. The Morgan fingerprint density at radius 1 is 1.35 bits per heavy atom. The molecule has 17 heavy (non-hydrogen) atoms. The number of carboxylic acids is 1. The normalized spacial score (nSPS) is 13.8. The number of carbonyl (C=O) groups is 2. The summed E-state index contributed by atoms with van der Waals surface area (Å²) in [4.78, 5) is 23.2. The lowest BCUT2D eigenvalue weighted by Crippen LogP contribution is -2.40. The molecule has 0 amide bonds. The first-order chi connectivity index (χ1) is 8.05. The van der Waals surface area contributed by atoms with Crippen LogP contribution < -0.4 is 0 Å². The molecule has 0 aromatic carbocycles. The van der Waals surface area contributed by atoms with Crippen LogP contribution in [0.4, 0.5) is 0 Å². The highest BCUT2D eigenvalue weighted by molar-refractivity contribution is 5.99. The van der Waals surface area contributed by atoms with E-state index in [0.29, 0.717) is 12.8 Å². The maximum absolute atomic E-state index is 11.8. The summed E-state index contributed by atoms with van der Waals surface area (Å²) in [5, 5.41) is 9.30. The largest absolute Gasteiger partial charge is 0.480 e. The van der Waals surface area contributed by atoms with Crippen molar-refractivity contribution >= 4 is 11.9 Å². The predicted molar refractivity (Wildman–Crippen MR) is 65.7 cm³/mol. The monoisotopic (exact) mass is 242 g/mol. The number of carbonyl (C=O) groups excluding carboxylic acids is 1. The van der Waals surface area contributed by atoms with Crippen LogP contribution in [0, 0.1) is 5.41 Å². The Balaban J connectivity index is 4.91. The van der Waals surface area contributed by atoms with Crippen molar-refractivity contribution in [2.45, 2.75) is 46.0 Å². The van der Waals surface area contributed by atoms with Crippen LogP contribution in [-0.4, -0.2) is 23.7 Å². The highest BCUT2D eigenvalue weighted by atomic mass is 16.5. The van der Waals surface area contributed by atoms with E-state index in [1.807, 2.05) is 6.92 Å². The number of hydrogen-bond donors (Lipinski definition) is 1. The minimum Gasteiger partial charge on any atom is -0.480 e. The lowest BCUT2D eigenvalue weighted by Gasteiger charge is -2.25. The van der Waals surface area contributed by atoms with Gasteiger partial charge >= 0.3 is 11.9 Å². The van der Waals surface area contributed by atoms with E-state index in [0.717, 1.165) is 12.8 Å². The van der Waals surface area contributed by atoms with Gasteiger partial charge in [-0.15, -0.1) is 6.58 Å². The van der Waals surface area contributed by atoms with E-state index in [4.69, 9.17) is 4.74 Å². The zero-order valence-electron chi connectivity index (χ0n) is 10.7. The van der Waals surface area contributed by atoms with Gasteiger partial charge in [-0.25, -0.2) is 0 Å². The van der Waals surface area contributed by atoms with Crippen LogP contribution in [0.5, 0.6) is 0 Å². The summed E-state index contributed by atoms with van der Waals surface area (Å²) >= 11 is 0. The fraction of sp³-hybridized carbons (Fsp3) is 0.692. The van der Waals surface area contributed by atoms with Gasteiger partial charge < -0.3 is 9.84 Å². The second-order valence-electron chi connectivity index (χ2n) is 4.06. The summed E-state index contributed by atoms with van der Waals surface area (Å²) in [5.74, 6) is -1.77. The number of aliphatic carboxylic acids is 1. The van der Waals surface area contributed by atoms with Crippen molar-refractivity contribution in [1.29, 1.82) is 0 Å². The van der Waals surface area contributed by atoms with E-state index in [1.165, 1.54) is 6.08 Å². The highest BCUT2D eigenvalue weighted by Gasteiger charge is 2.45. The highest BCUT2D eigenvalue weighted by Crippen LogP contribution is 2.32. The van der Waals surface area contributed by atoms with Gasteiger partial charge in [-0.05, 0) is 19.8 Å². The Morgan fingerprint density at radius 2 is 2.00 bits per heavy atom. The molecule has 1 atom stereocenters. The molecule has 0 aromatic rings. The zero-order valence-corrected chi connectivity index (χ0v) is 10.7. The molecule has 0 aliphatic rings. The smallest absolute Gasteiger partial charge is 0.323 e. The summed E-state index contributed by atoms with van der Waals surface area (Å²) in [6, 6.07) is 0. The Hall–Kier alpha value is -1.32. The number of esters is 1. The molecule has 0 saturated carbocycles. The number of unbranched alkanes of at least 4 members (excludes halogenated alkanes) is 2. The molecular weight excluding hydrogens is 220 g/mol. The van der Waals surface area contributed by atoms with Crippen LogP contribution in [-0.2, 0) is 14.3 Å². The lowest BCUT2D eigenvalue weighted by atomic mass is 9.79. The van der Waals surface area contributed by atoms with Gasteiger partial charge in [0.25, 0.3) is 0 Å². The van der Waals surface area contributed by atoms with E-state index in [-0.39, 0.29) is 13.0 Å². The molecule has 4 nitrogen and oxygen atoms in total. The number of carboxylic acid groups (broad SMARTS) is 1. The second kappa shape index (κ2) is 7.87. The van der Waals surface area contributed by atoms with Crippen LogP contribution in [0.25, 0.3) is 0 Å². The van der Waals surface area contributed by atoms with E-state index in [2.05, 4.69) is 6.58 Å². The van der Waals surface area contributed by atoms with Crippen molar-refractivity contribution in [3.05, 3.63) is 12.7 Å². The quantitative estimate of drug-likeness (QED) is 0.292.